The summed E-state index contributed by atoms with van der Waals surface area (Å²) in [5.41, 5.74) is 5.75. The van der Waals surface area contributed by atoms with E-state index in [1.807, 2.05) is 6.08 Å². The van der Waals surface area contributed by atoms with E-state index in [4.69, 9.17) is 9.15 Å². The quantitative estimate of drug-likeness (QED) is 0.354. The van der Waals surface area contributed by atoms with E-state index in [0.717, 1.165) is 28.7 Å². The lowest BCUT2D eigenvalue weighted by atomic mass is 9.95. The van der Waals surface area contributed by atoms with E-state index in [1.54, 1.807) is 0 Å². The van der Waals surface area contributed by atoms with Crippen molar-refractivity contribution in [2.45, 2.75) is 52.9 Å². The molecule has 3 rings (SSSR count). The van der Waals surface area contributed by atoms with Crippen molar-refractivity contribution >= 4 is 21.9 Å². The number of benzene rings is 2. The van der Waals surface area contributed by atoms with Crippen molar-refractivity contribution in [2.75, 3.05) is 6.61 Å². The predicted molar refractivity (Wildman–Crippen MR) is 107 cm³/mol. The fourth-order valence-corrected chi connectivity index (χ4v) is 3.44. The molecular weight excluding hydrogens is 308 g/mol. The fraction of sp³-hybridized carbons (Fsp3) is 0.391. The zero-order valence-corrected chi connectivity index (χ0v) is 16.0. The first kappa shape index (κ1) is 17.6. The van der Waals surface area contributed by atoms with Crippen LogP contribution in [0.2, 0.25) is 0 Å². The van der Waals surface area contributed by atoms with Gasteiger partial charge in [0.05, 0.1) is 6.61 Å². The minimum absolute atomic E-state index is 0.379. The minimum Gasteiger partial charge on any atom is -0.493 e. The van der Waals surface area contributed by atoms with Crippen LogP contribution in [-0.2, 0) is 0 Å². The summed E-state index contributed by atoms with van der Waals surface area (Å²) in [4.78, 5) is 0. The van der Waals surface area contributed by atoms with Crippen LogP contribution in [0.5, 0.6) is 5.75 Å². The Kier molecular flexibility index (Phi) is 4.89. The topological polar surface area (TPSA) is 22.4 Å². The van der Waals surface area contributed by atoms with Crippen molar-refractivity contribution in [3.05, 3.63) is 53.6 Å². The van der Waals surface area contributed by atoms with E-state index < -0.39 is 0 Å². The number of aryl methyl sites for hydroxylation is 1. The fourth-order valence-electron chi connectivity index (χ4n) is 3.44. The number of rotatable bonds is 6. The Labute approximate surface area is 150 Å². The third-order valence-electron chi connectivity index (χ3n) is 4.81. The molecule has 0 bridgehead atoms. The molecule has 0 N–H and O–H groups in total. The van der Waals surface area contributed by atoms with Gasteiger partial charge in [-0.1, -0.05) is 33.8 Å². The summed E-state index contributed by atoms with van der Waals surface area (Å²) in [7, 11) is 0. The van der Waals surface area contributed by atoms with Crippen molar-refractivity contribution in [1.29, 1.82) is 0 Å². The number of hydrogen-bond donors (Lipinski definition) is 0. The SMILES string of the molecule is C=CCCOc1cc2c(cc1C(C)C)oc1cc(C(C)C)c(C)cc12. The Morgan fingerprint density at radius 3 is 2.16 bits per heavy atom. The van der Waals surface area contributed by atoms with Crippen molar-refractivity contribution in [3.8, 4) is 5.75 Å². The van der Waals surface area contributed by atoms with Crippen molar-refractivity contribution in [3.63, 3.8) is 0 Å². The molecule has 0 aliphatic carbocycles. The molecule has 2 heteroatoms. The van der Waals surface area contributed by atoms with Crippen molar-refractivity contribution in [2.24, 2.45) is 0 Å². The zero-order valence-electron chi connectivity index (χ0n) is 16.0. The van der Waals surface area contributed by atoms with E-state index in [0.29, 0.717) is 18.4 Å². The van der Waals surface area contributed by atoms with Gasteiger partial charge in [-0.15, -0.1) is 6.58 Å². The van der Waals surface area contributed by atoms with Gasteiger partial charge in [-0.05, 0) is 60.6 Å². The molecule has 0 unspecified atom stereocenters. The number of ether oxygens (including phenoxy) is 1. The molecule has 132 valence electrons. The minimum atomic E-state index is 0.379. The van der Waals surface area contributed by atoms with E-state index in [1.165, 1.54) is 22.1 Å². The molecule has 3 aromatic rings. The van der Waals surface area contributed by atoms with Gasteiger partial charge in [-0.2, -0.15) is 0 Å². The molecular formula is C23H28O2. The Balaban J connectivity index is 2.20. The van der Waals surface area contributed by atoms with Gasteiger partial charge in [0.25, 0.3) is 0 Å². The molecule has 0 spiro atoms. The molecule has 1 heterocycles. The van der Waals surface area contributed by atoms with Gasteiger partial charge in [0.2, 0.25) is 0 Å². The maximum absolute atomic E-state index is 6.20. The van der Waals surface area contributed by atoms with Crippen LogP contribution in [0.15, 0.2) is 41.3 Å². The average molecular weight is 336 g/mol. The molecule has 0 saturated heterocycles. The molecule has 0 fully saturated rings. The van der Waals surface area contributed by atoms with Crippen LogP contribution in [0.3, 0.4) is 0 Å². The van der Waals surface area contributed by atoms with E-state index >= 15 is 0 Å². The molecule has 25 heavy (non-hydrogen) atoms. The first-order valence-electron chi connectivity index (χ1n) is 9.16. The van der Waals surface area contributed by atoms with Gasteiger partial charge >= 0.3 is 0 Å². The Morgan fingerprint density at radius 1 is 0.960 bits per heavy atom. The van der Waals surface area contributed by atoms with Gasteiger partial charge in [-0.3, -0.25) is 0 Å². The second kappa shape index (κ2) is 6.95. The smallest absolute Gasteiger partial charge is 0.135 e. The summed E-state index contributed by atoms with van der Waals surface area (Å²) in [6.45, 7) is 15.4. The average Bonchev–Trinajstić information content (AvgIpc) is 2.90. The summed E-state index contributed by atoms with van der Waals surface area (Å²) in [5, 5.41) is 2.30. The maximum Gasteiger partial charge on any atom is 0.135 e. The van der Waals surface area contributed by atoms with Crippen LogP contribution in [0.4, 0.5) is 0 Å². The monoisotopic (exact) mass is 336 g/mol. The Hall–Kier alpha value is -2.22. The zero-order chi connectivity index (χ0) is 18.1. The third kappa shape index (κ3) is 3.30. The summed E-state index contributed by atoms with van der Waals surface area (Å²) in [5.74, 6) is 1.82. The molecule has 2 aromatic carbocycles. The third-order valence-corrected chi connectivity index (χ3v) is 4.81. The van der Waals surface area contributed by atoms with Crippen LogP contribution in [-0.4, -0.2) is 6.61 Å². The molecule has 1 aromatic heterocycles. The van der Waals surface area contributed by atoms with Crippen LogP contribution in [0.1, 0.15) is 62.6 Å². The lowest BCUT2D eigenvalue weighted by molar-refractivity contribution is 0.321. The second-order valence-electron chi connectivity index (χ2n) is 7.43. The molecule has 0 saturated carbocycles. The normalized spacial score (nSPS) is 11.8. The molecule has 0 atom stereocenters. The molecule has 0 aliphatic rings. The van der Waals surface area contributed by atoms with Crippen LogP contribution in [0.25, 0.3) is 21.9 Å². The highest BCUT2D eigenvalue weighted by Gasteiger charge is 2.16. The van der Waals surface area contributed by atoms with E-state index in [9.17, 15) is 0 Å². The van der Waals surface area contributed by atoms with Gasteiger partial charge in [0.1, 0.15) is 16.9 Å². The number of fused-ring (bicyclic) bond motifs is 3. The highest BCUT2D eigenvalue weighted by Crippen LogP contribution is 2.38. The van der Waals surface area contributed by atoms with Gasteiger partial charge in [0.15, 0.2) is 0 Å². The number of hydrogen-bond acceptors (Lipinski definition) is 2. The predicted octanol–water partition coefficient (Wildman–Crippen LogP) is 7.10. The van der Waals surface area contributed by atoms with Gasteiger partial charge in [0, 0.05) is 16.3 Å². The lowest BCUT2D eigenvalue weighted by Crippen LogP contribution is -2.00. The first-order chi connectivity index (χ1) is 11.9. The molecule has 0 aliphatic heterocycles. The van der Waals surface area contributed by atoms with Crippen molar-refractivity contribution < 1.29 is 9.15 Å². The Bertz CT molecular complexity index is 913. The highest BCUT2D eigenvalue weighted by molar-refractivity contribution is 6.06. The summed E-state index contributed by atoms with van der Waals surface area (Å²) < 4.78 is 12.2. The first-order valence-corrected chi connectivity index (χ1v) is 9.16. The van der Waals surface area contributed by atoms with Crippen LogP contribution >= 0.6 is 0 Å². The largest absolute Gasteiger partial charge is 0.493 e. The van der Waals surface area contributed by atoms with Crippen LogP contribution in [0, 0.1) is 6.92 Å². The standard InChI is InChI=1S/C23H28O2/c1-7-8-9-24-21-13-20-19-10-16(6)17(14(2)3)11-22(19)25-23(20)12-18(21)15(4)5/h7,10-15H,1,8-9H2,2-6H3. The summed E-state index contributed by atoms with van der Waals surface area (Å²) >= 11 is 0. The Morgan fingerprint density at radius 2 is 1.56 bits per heavy atom. The molecule has 2 nitrogen and oxygen atoms in total. The molecule has 0 amide bonds. The van der Waals surface area contributed by atoms with Crippen molar-refractivity contribution in [1.82, 2.24) is 0 Å². The van der Waals surface area contributed by atoms with E-state index in [-0.39, 0.29) is 0 Å². The van der Waals surface area contributed by atoms with E-state index in [2.05, 4.69) is 65.5 Å². The summed E-state index contributed by atoms with van der Waals surface area (Å²) in [6.07, 6.45) is 2.73. The van der Waals surface area contributed by atoms with Crippen LogP contribution < -0.4 is 4.74 Å². The second-order valence-corrected chi connectivity index (χ2v) is 7.43. The number of furan rings is 1. The lowest BCUT2D eigenvalue weighted by Gasteiger charge is -2.14. The summed E-state index contributed by atoms with van der Waals surface area (Å²) in [6, 6.07) is 8.74. The molecule has 0 radical (unpaired) electrons. The highest BCUT2D eigenvalue weighted by atomic mass is 16.5. The maximum atomic E-state index is 6.20. The van der Waals surface area contributed by atoms with Gasteiger partial charge in [-0.25, -0.2) is 0 Å². The van der Waals surface area contributed by atoms with Gasteiger partial charge < -0.3 is 9.15 Å².